The predicted octanol–water partition coefficient (Wildman–Crippen LogP) is 3.70. The Kier molecular flexibility index (Phi) is 5.57. The number of nitrogens with one attached hydrogen (secondary N) is 2. The molecular weight excluding hydrogens is 390 g/mol. The molecule has 0 spiro atoms. The number of hydrogen-bond acceptors (Lipinski definition) is 7. The van der Waals surface area contributed by atoms with Gasteiger partial charge in [-0.05, 0) is 49.2 Å². The van der Waals surface area contributed by atoms with Gasteiger partial charge in [-0.1, -0.05) is 16.9 Å². The average Bonchev–Trinajstić information content (AvgIpc) is 3.45. The first-order valence-corrected chi connectivity index (χ1v) is 10.2. The zero-order valence-electron chi connectivity index (χ0n) is 15.7. The van der Waals surface area contributed by atoms with Gasteiger partial charge >= 0.3 is 0 Å². The van der Waals surface area contributed by atoms with E-state index in [1.165, 1.54) is 18.7 Å². The molecule has 148 valence electrons. The van der Waals surface area contributed by atoms with Crippen LogP contribution in [0, 0.1) is 0 Å². The van der Waals surface area contributed by atoms with E-state index in [1.54, 1.807) is 30.5 Å². The van der Waals surface area contributed by atoms with Crippen molar-refractivity contribution < 1.29 is 14.1 Å². The SMILES string of the molecule is CC(=O)Nc1ccc(NC(=O)CSc2ccc(-c3nc(C4CC4)no3)cn2)cc1. The van der Waals surface area contributed by atoms with Gasteiger partial charge in [0.05, 0.1) is 16.3 Å². The maximum Gasteiger partial charge on any atom is 0.259 e. The molecule has 29 heavy (non-hydrogen) atoms. The number of carbonyl (C=O) groups excluding carboxylic acids is 2. The van der Waals surface area contributed by atoms with E-state index >= 15 is 0 Å². The fourth-order valence-corrected chi connectivity index (χ4v) is 3.27. The van der Waals surface area contributed by atoms with Crippen LogP contribution in [0.4, 0.5) is 11.4 Å². The number of thioether (sulfide) groups is 1. The molecular formula is C20H19N5O3S. The summed E-state index contributed by atoms with van der Waals surface area (Å²) in [6.45, 7) is 1.45. The Hall–Kier alpha value is -3.20. The van der Waals surface area contributed by atoms with Gasteiger partial charge in [-0.2, -0.15) is 4.98 Å². The van der Waals surface area contributed by atoms with E-state index in [4.69, 9.17) is 4.52 Å². The molecule has 0 atom stereocenters. The van der Waals surface area contributed by atoms with Crippen molar-refractivity contribution in [1.82, 2.24) is 15.1 Å². The molecule has 2 aromatic heterocycles. The van der Waals surface area contributed by atoms with Gasteiger partial charge in [0.25, 0.3) is 5.89 Å². The molecule has 9 heteroatoms. The summed E-state index contributed by atoms with van der Waals surface area (Å²) in [5, 5.41) is 10.2. The number of aromatic nitrogens is 3. The Bertz CT molecular complexity index is 1010. The summed E-state index contributed by atoms with van der Waals surface area (Å²) in [7, 11) is 0. The quantitative estimate of drug-likeness (QED) is 0.573. The van der Waals surface area contributed by atoms with Crippen molar-refractivity contribution in [2.75, 3.05) is 16.4 Å². The van der Waals surface area contributed by atoms with Crippen LogP contribution in [0.1, 0.15) is 31.5 Å². The van der Waals surface area contributed by atoms with Crippen LogP contribution in [0.15, 0.2) is 52.1 Å². The third-order valence-corrected chi connectivity index (χ3v) is 5.15. The van der Waals surface area contributed by atoms with E-state index in [0.717, 1.165) is 29.3 Å². The number of carbonyl (C=O) groups is 2. The second-order valence-corrected chi connectivity index (χ2v) is 7.71. The maximum absolute atomic E-state index is 12.1. The van der Waals surface area contributed by atoms with Crippen LogP contribution < -0.4 is 10.6 Å². The first kappa shape index (κ1) is 19.1. The number of rotatable bonds is 7. The van der Waals surface area contributed by atoms with Crippen molar-refractivity contribution in [2.45, 2.75) is 30.7 Å². The van der Waals surface area contributed by atoms with Crippen LogP contribution in [0.3, 0.4) is 0 Å². The van der Waals surface area contributed by atoms with E-state index in [1.807, 2.05) is 12.1 Å². The Labute approximate surface area is 171 Å². The van der Waals surface area contributed by atoms with Gasteiger partial charge in [-0.25, -0.2) is 4.98 Å². The van der Waals surface area contributed by atoms with Crippen molar-refractivity contribution in [1.29, 1.82) is 0 Å². The minimum Gasteiger partial charge on any atom is -0.334 e. The van der Waals surface area contributed by atoms with Crippen molar-refractivity contribution >= 4 is 35.0 Å². The topological polar surface area (TPSA) is 110 Å². The Morgan fingerprint density at radius 2 is 1.83 bits per heavy atom. The molecule has 4 rings (SSSR count). The van der Waals surface area contributed by atoms with Gasteiger partial charge in [-0.15, -0.1) is 0 Å². The van der Waals surface area contributed by atoms with Gasteiger partial charge in [-0.3, -0.25) is 9.59 Å². The van der Waals surface area contributed by atoms with Crippen LogP contribution in [-0.4, -0.2) is 32.7 Å². The summed E-state index contributed by atoms with van der Waals surface area (Å²) in [5.41, 5.74) is 2.10. The normalized spacial score (nSPS) is 13.1. The molecule has 1 saturated carbocycles. The van der Waals surface area contributed by atoms with E-state index in [0.29, 0.717) is 23.2 Å². The molecule has 0 radical (unpaired) electrons. The van der Waals surface area contributed by atoms with Gasteiger partial charge in [0.2, 0.25) is 11.8 Å². The number of amides is 2. The van der Waals surface area contributed by atoms with Gasteiger partial charge in [0, 0.05) is 30.4 Å². The van der Waals surface area contributed by atoms with Crippen LogP contribution in [-0.2, 0) is 9.59 Å². The van der Waals surface area contributed by atoms with Crippen LogP contribution in [0.25, 0.3) is 11.5 Å². The minimum atomic E-state index is -0.140. The predicted molar refractivity (Wildman–Crippen MR) is 110 cm³/mol. The lowest BCUT2D eigenvalue weighted by atomic mass is 10.3. The van der Waals surface area contributed by atoms with Crippen molar-refractivity contribution in [3.8, 4) is 11.5 Å². The number of anilines is 2. The molecule has 3 aromatic rings. The van der Waals surface area contributed by atoms with E-state index in [-0.39, 0.29) is 17.6 Å². The summed E-state index contributed by atoms with van der Waals surface area (Å²) in [5.74, 6) is 1.62. The zero-order valence-corrected chi connectivity index (χ0v) is 16.5. The fourth-order valence-electron chi connectivity index (χ4n) is 2.63. The Morgan fingerprint density at radius 1 is 1.10 bits per heavy atom. The van der Waals surface area contributed by atoms with Crippen molar-refractivity contribution in [3.05, 3.63) is 48.4 Å². The smallest absolute Gasteiger partial charge is 0.259 e. The van der Waals surface area contributed by atoms with Crippen LogP contribution in [0.5, 0.6) is 0 Å². The second-order valence-electron chi connectivity index (χ2n) is 6.71. The molecule has 1 fully saturated rings. The number of hydrogen-bond donors (Lipinski definition) is 2. The lowest BCUT2D eigenvalue weighted by Gasteiger charge is -2.07. The molecule has 8 nitrogen and oxygen atoms in total. The first-order chi connectivity index (χ1) is 14.1. The highest BCUT2D eigenvalue weighted by Gasteiger charge is 2.29. The Balaban J connectivity index is 1.28. The maximum atomic E-state index is 12.1. The molecule has 0 saturated heterocycles. The zero-order chi connectivity index (χ0) is 20.2. The lowest BCUT2D eigenvalue weighted by molar-refractivity contribution is -0.114. The second kappa shape index (κ2) is 8.44. The van der Waals surface area contributed by atoms with Crippen LogP contribution >= 0.6 is 11.8 Å². The van der Waals surface area contributed by atoms with Crippen molar-refractivity contribution in [2.24, 2.45) is 0 Å². The number of pyridine rings is 1. The summed E-state index contributed by atoms with van der Waals surface area (Å²) >= 11 is 1.34. The largest absolute Gasteiger partial charge is 0.334 e. The van der Waals surface area contributed by atoms with E-state index in [9.17, 15) is 9.59 Å². The monoisotopic (exact) mass is 409 g/mol. The van der Waals surface area contributed by atoms with Gasteiger partial charge < -0.3 is 15.2 Å². The highest BCUT2D eigenvalue weighted by molar-refractivity contribution is 7.99. The van der Waals surface area contributed by atoms with E-state index in [2.05, 4.69) is 25.8 Å². The van der Waals surface area contributed by atoms with Crippen molar-refractivity contribution in [3.63, 3.8) is 0 Å². The number of benzene rings is 1. The Morgan fingerprint density at radius 3 is 2.45 bits per heavy atom. The molecule has 0 unspecified atom stereocenters. The highest BCUT2D eigenvalue weighted by atomic mass is 32.2. The molecule has 0 aliphatic heterocycles. The fraction of sp³-hybridized carbons (Fsp3) is 0.250. The molecule has 1 aliphatic rings. The molecule has 2 heterocycles. The van der Waals surface area contributed by atoms with Gasteiger partial charge in [0.15, 0.2) is 5.82 Å². The molecule has 1 aromatic carbocycles. The molecule has 0 bridgehead atoms. The molecule has 2 N–H and O–H groups in total. The molecule has 1 aliphatic carbocycles. The minimum absolute atomic E-state index is 0.140. The van der Waals surface area contributed by atoms with Gasteiger partial charge in [0.1, 0.15) is 0 Å². The molecule has 2 amide bonds. The first-order valence-electron chi connectivity index (χ1n) is 9.17. The summed E-state index contributed by atoms with van der Waals surface area (Å²) in [6.07, 6.45) is 3.91. The highest BCUT2D eigenvalue weighted by Crippen LogP contribution is 2.38. The average molecular weight is 409 g/mol. The third kappa shape index (κ3) is 5.20. The number of nitrogens with zero attached hydrogens (tertiary/aromatic N) is 3. The lowest BCUT2D eigenvalue weighted by Crippen LogP contribution is -2.14. The summed E-state index contributed by atoms with van der Waals surface area (Å²) in [4.78, 5) is 31.9. The summed E-state index contributed by atoms with van der Waals surface area (Å²) in [6, 6.07) is 10.6. The third-order valence-electron chi connectivity index (χ3n) is 4.21. The summed E-state index contributed by atoms with van der Waals surface area (Å²) < 4.78 is 5.29. The standard InChI is InChI=1S/C20H19N5O3S/c1-12(26)22-15-5-7-16(8-6-15)23-17(27)11-29-18-9-4-14(10-21-18)20-24-19(25-28-20)13-2-3-13/h4-10,13H,2-3,11H2,1H3,(H,22,26)(H,23,27). The van der Waals surface area contributed by atoms with E-state index < -0.39 is 0 Å². The van der Waals surface area contributed by atoms with Crippen LogP contribution in [0.2, 0.25) is 0 Å².